The molecule has 94 valence electrons. The van der Waals surface area contributed by atoms with Crippen LogP contribution in [0.1, 0.15) is 5.56 Å². The van der Waals surface area contributed by atoms with Crippen LogP contribution in [0.4, 0.5) is 10.5 Å². The van der Waals surface area contributed by atoms with Crippen LogP contribution in [-0.2, 0) is 11.3 Å². The molecule has 1 aromatic rings. The first-order valence-electron chi connectivity index (χ1n) is 5.41. The first-order valence-corrected chi connectivity index (χ1v) is 5.41. The van der Waals surface area contributed by atoms with Gasteiger partial charge in [-0.25, -0.2) is 4.79 Å². The topological polar surface area (TPSA) is 72.5 Å². The van der Waals surface area contributed by atoms with Gasteiger partial charge in [0.25, 0.3) is 5.69 Å². The molecule has 0 N–H and O–H groups in total. The molecule has 1 amide bonds. The molecule has 0 spiro atoms. The number of nitro benzene ring substituents is 1. The molecular formula is C12H12N2O4. The van der Waals surface area contributed by atoms with Crippen LogP contribution in [0.25, 0.3) is 0 Å². The van der Waals surface area contributed by atoms with Crippen LogP contribution in [0.2, 0.25) is 0 Å². The number of amides is 1. The first-order chi connectivity index (χ1) is 8.61. The number of nitro groups is 1. The molecule has 1 unspecified atom stereocenters. The highest BCUT2D eigenvalue weighted by Gasteiger charge is 2.36. The van der Waals surface area contributed by atoms with Gasteiger partial charge in [-0.2, -0.15) is 0 Å². The van der Waals surface area contributed by atoms with Gasteiger partial charge < -0.3 is 4.74 Å². The molecular weight excluding hydrogens is 236 g/mol. The SMILES string of the molecule is C=CC1CN1C(=O)OCc1ccc([N+](=O)[O-])cc1. The third-order valence-corrected chi connectivity index (χ3v) is 2.67. The third kappa shape index (κ3) is 2.65. The molecule has 1 heterocycles. The molecule has 2 rings (SSSR count). The number of hydrogen-bond donors (Lipinski definition) is 0. The van der Waals surface area contributed by atoms with Gasteiger partial charge >= 0.3 is 6.09 Å². The summed E-state index contributed by atoms with van der Waals surface area (Å²) < 4.78 is 5.05. The van der Waals surface area contributed by atoms with Crippen molar-refractivity contribution in [1.82, 2.24) is 4.90 Å². The monoisotopic (exact) mass is 248 g/mol. The smallest absolute Gasteiger partial charge is 0.410 e. The fourth-order valence-corrected chi connectivity index (χ4v) is 1.51. The van der Waals surface area contributed by atoms with Crippen LogP contribution >= 0.6 is 0 Å². The number of carbonyl (C=O) groups is 1. The summed E-state index contributed by atoms with van der Waals surface area (Å²) in [6.45, 7) is 4.34. The predicted molar refractivity (Wildman–Crippen MR) is 64.0 cm³/mol. The minimum atomic E-state index is -0.472. The van der Waals surface area contributed by atoms with Crippen LogP contribution in [0, 0.1) is 10.1 Å². The zero-order valence-electron chi connectivity index (χ0n) is 9.61. The molecule has 1 atom stereocenters. The predicted octanol–water partition coefficient (Wildman–Crippen LogP) is 2.10. The minimum absolute atomic E-state index is 0.0164. The van der Waals surface area contributed by atoms with Crippen LogP contribution in [0.3, 0.4) is 0 Å². The summed E-state index contributed by atoms with van der Waals surface area (Å²) in [6.07, 6.45) is 1.30. The number of hydrogen-bond acceptors (Lipinski definition) is 4. The van der Waals surface area contributed by atoms with E-state index in [-0.39, 0.29) is 18.3 Å². The highest BCUT2D eigenvalue weighted by Crippen LogP contribution is 2.20. The van der Waals surface area contributed by atoms with Crippen molar-refractivity contribution in [1.29, 1.82) is 0 Å². The van der Waals surface area contributed by atoms with Gasteiger partial charge in [-0.05, 0) is 17.7 Å². The van der Waals surface area contributed by atoms with Gasteiger partial charge in [0.2, 0.25) is 0 Å². The van der Waals surface area contributed by atoms with Gasteiger partial charge in [-0.1, -0.05) is 6.08 Å². The normalized spacial score (nSPS) is 17.1. The summed E-state index contributed by atoms with van der Waals surface area (Å²) in [5, 5.41) is 10.4. The highest BCUT2D eigenvalue weighted by atomic mass is 16.6. The Morgan fingerprint density at radius 2 is 2.22 bits per heavy atom. The minimum Gasteiger partial charge on any atom is -0.445 e. The Hall–Kier alpha value is -2.37. The maximum Gasteiger partial charge on any atom is 0.410 e. The average Bonchev–Trinajstić information content (AvgIpc) is 3.16. The zero-order chi connectivity index (χ0) is 13.1. The number of carbonyl (C=O) groups excluding carboxylic acids is 1. The number of ether oxygens (including phenoxy) is 1. The number of benzene rings is 1. The van der Waals surface area contributed by atoms with Crippen molar-refractivity contribution in [2.24, 2.45) is 0 Å². The van der Waals surface area contributed by atoms with Crippen molar-refractivity contribution in [3.05, 3.63) is 52.6 Å². The van der Waals surface area contributed by atoms with Gasteiger partial charge in [-0.3, -0.25) is 15.0 Å². The largest absolute Gasteiger partial charge is 0.445 e. The quantitative estimate of drug-likeness (QED) is 0.354. The molecule has 18 heavy (non-hydrogen) atoms. The molecule has 6 heteroatoms. The lowest BCUT2D eigenvalue weighted by Gasteiger charge is -2.05. The van der Waals surface area contributed by atoms with E-state index >= 15 is 0 Å². The lowest BCUT2D eigenvalue weighted by atomic mass is 10.2. The lowest BCUT2D eigenvalue weighted by molar-refractivity contribution is -0.384. The van der Waals surface area contributed by atoms with E-state index in [9.17, 15) is 14.9 Å². The van der Waals surface area contributed by atoms with Crippen molar-refractivity contribution in [3.63, 3.8) is 0 Å². The van der Waals surface area contributed by atoms with E-state index < -0.39 is 11.0 Å². The van der Waals surface area contributed by atoms with E-state index in [4.69, 9.17) is 4.74 Å². The van der Waals surface area contributed by atoms with E-state index in [1.54, 1.807) is 23.1 Å². The molecule has 1 fully saturated rings. The molecule has 0 aromatic heterocycles. The second-order valence-corrected chi connectivity index (χ2v) is 3.93. The number of nitrogens with zero attached hydrogens (tertiary/aromatic N) is 2. The second-order valence-electron chi connectivity index (χ2n) is 3.93. The van der Waals surface area contributed by atoms with Crippen LogP contribution in [0.5, 0.6) is 0 Å². The van der Waals surface area contributed by atoms with E-state index in [1.165, 1.54) is 12.1 Å². The number of non-ortho nitro benzene ring substituents is 1. The van der Waals surface area contributed by atoms with Gasteiger partial charge in [0.1, 0.15) is 6.61 Å². The second kappa shape index (κ2) is 4.87. The Kier molecular flexibility index (Phi) is 3.27. The summed E-state index contributed by atoms with van der Waals surface area (Å²) >= 11 is 0. The molecule has 1 aliphatic rings. The van der Waals surface area contributed by atoms with Crippen LogP contribution < -0.4 is 0 Å². The summed E-state index contributed by atoms with van der Waals surface area (Å²) in [4.78, 5) is 23.0. The van der Waals surface area contributed by atoms with E-state index in [0.29, 0.717) is 12.1 Å². The first kappa shape index (κ1) is 12.1. The molecule has 1 aromatic carbocycles. The van der Waals surface area contributed by atoms with E-state index in [2.05, 4.69) is 6.58 Å². The van der Waals surface area contributed by atoms with Crippen LogP contribution in [0.15, 0.2) is 36.9 Å². The number of rotatable bonds is 4. The van der Waals surface area contributed by atoms with Crippen molar-refractivity contribution in [2.75, 3.05) is 6.54 Å². The maximum atomic E-state index is 11.5. The Labute approximate surface area is 104 Å². The van der Waals surface area contributed by atoms with Crippen molar-refractivity contribution >= 4 is 11.8 Å². The highest BCUT2D eigenvalue weighted by molar-refractivity contribution is 5.71. The molecule has 0 aliphatic carbocycles. The average molecular weight is 248 g/mol. The van der Waals surface area contributed by atoms with Gasteiger partial charge in [0, 0.05) is 18.7 Å². The van der Waals surface area contributed by atoms with E-state index in [0.717, 1.165) is 0 Å². The third-order valence-electron chi connectivity index (χ3n) is 2.67. The Balaban J connectivity index is 1.85. The van der Waals surface area contributed by atoms with Crippen molar-refractivity contribution in [3.8, 4) is 0 Å². The fraction of sp³-hybridized carbons (Fsp3) is 0.250. The Bertz CT molecular complexity index is 483. The molecule has 0 radical (unpaired) electrons. The summed E-state index contributed by atoms with van der Waals surface area (Å²) in [7, 11) is 0. The zero-order valence-corrected chi connectivity index (χ0v) is 9.61. The van der Waals surface area contributed by atoms with Crippen molar-refractivity contribution < 1.29 is 14.5 Å². The molecule has 6 nitrogen and oxygen atoms in total. The van der Waals surface area contributed by atoms with Gasteiger partial charge in [0.05, 0.1) is 11.0 Å². The van der Waals surface area contributed by atoms with E-state index in [1.807, 2.05) is 0 Å². The van der Waals surface area contributed by atoms with Crippen LogP contribution in [-0.4, -0.2) is 28.5 Å². The summed E-state index contributed by atoms with van der Waals surface area (Å²) in [5.41, 5.74) is 0.730. The van der Waals surface area contributed by atoms with Gasteiger partial charge in [0.15, 0.2) is 0 Å². The fourth-order valence-electron chi connectivity index (χ4n) is 1.51. The molecule has 0 bridgehead atoms. The summed E-state index contributed by atoms with van der Waals surface area (Å²) in [5.74, 6) is 0. The molecule has 0 saturated carbocycles. The molecule has 1 aliphatic heterocycles. The molecule has 1 saturated heterocycles. The maximum absolute atomic E-state index is 11.5. The van der Waals surface area contributed by atoms with Gasteiger partial charge in [-0.15, -0.1) is 6.58 Å². The lowest BCUT2D eigenvalue weighted by Crippen LogP contribution is -2.14. The Morgan fingerprint density at radius 3 is 2.72 bits per heavy atom. The standard InChI is InChI=1S/C12H12N2O4/c1-2-10-7-13(10)12(15)18-8-9-3-5-11(6-4-9)14(16)17/h2-6,10H,1,7-8H2. The van der Waals surface area contributed by atoms with Crippen molar-refractivity contribution in [2.45, 2.75) is 12.6 Å². The Morgan fingerprint density at radius 1 is 1.56 bits per heavy atom. The summed E-state index contributed by atoms with van der Waals surface area (Å²) in [6, 6.07) is 5.98.